The molecule has 0 saturated carbocycles. The van der Waals surface area contributed by atoms with E-state index in [2.05, 4.69) is 50.9 Å². The quantitative estimate of drug-likeness (QED) is 0.0883. The van der Waals surface area contributed by atoms with Crippen LogP contribution in [0.4, 0.5) is 9.59 Å². The molecule has 9 rings (SSSR count). The first-order valence-corrected chi connectivity index (χ1v) is 21.3. The number of fused-ring (bicyclic) bond motifs is 6. The zero-order chi connectivity index (χ0) is 43.9. The average molecular weight is 855 g/mol. The number of ether oxygens (including phenoxy) is 3. The number of alkyl carbamates (subject to hydrolysis) is 1. The molecule has 5 heterocycles. The van der Waals surface area contributed by atoms with Gasteiger partial charge in [0.2, 0.25) is 5.91 Å². The third-order valence-corrected chi connectivity index (χ3v) is 12.6. The zero-order valence-corrected chi connectivity index (χ0v) is 35.5. The minimum Gasteiger partial charge on any atom is -0.488 e. The third kappa shape index (κ3) is 7.90. The van der Waals surface area contributed by atoms with Crippen LogP contribution in [0.2, 0.25) is 0 Å². The number of amides is 4. The Hall–Kier alpha value is -6.94. The number of hydrogen-bond acceptors (Lipinski definition) is 9. The molecule has 16 nitrogen and oxygen atoms in total. The van der Waals surface area contributed by atoms with Gasteiger partial charge in [-0.1, -0.05) is 62.4 Å². The van der Waals surface area contributed by atoms with Crippen molar-refractivity contribution < 1.29 is 38.5 Å². The van der Waals surface area contributed by atoms with Crippen LogP contribution in [0.1, 0.15) is 74.0 Å². The smallest absolute Gasteiger partial charge is 0.407 e. The summed E-state index contributed by atoms with van der Waals surface area (Å²) in [6.07, 6.45) is 1.97. The molecule has 3 aliphatic rings. The molecule has 5 N–H and O–H groups in total. The van der Waals surface area contributed by atoms with Crippen molar-refractivity contribution in [2.24, 2.45) is 11.8 Å². The predicted octanol–water partition coefficient (Wildman–Crippen LogP) is 7.25. The highest BCUT2D eigenvalue weighted by molar-refractivity contribution is 6.07. The maximum Gasteiger partial charge on any atom is 0.407 e. The maximum absolute atomic E-state index is 14.1. The van der Waals surface area contributed by atoms with E-state index in [4.69, 9.17) is 24.2 Å². The van der Waals surface area contributed by atoms with Gasteiger partial charge in [-0.3, -0.25) is 9.59 Å². The number of methoxy groups -OCH3 is 2. The van der Waals surface area contributed by atoms with Crippen molar-refractivity contribution in [1.29, 1.82) is 0 Å². The molecule has 2 unspecified atom stereocenters. The highest BCUT2D eigenvalue weighted by Gasteiger charge is 2.42. The van der Waals surface area contributed by atoms with Crippen LogP contribution in [0.3, 0.4) is 0 Å². The molecular weight excluding hydrogens is 805 g/mol. The van der Waals surface area contributed by atoms with Crippen molar-refractivity contribution in [2.75, 3.05) is 33.9 Å². The summed E-state index contributed by atoms with van der Waals surface area (Å²) >= 11 is 0. The van der Waals surface area contributed by atoms with Crippen molar-refractivity contribution in [3.63, 3.8) is 0 Å². The third-order valence-electron chi connectivity index (χ3n) is 12.6. The summed E-state index contributed by atoms with van der Waals surface area (Å²) in [6.45, 7) is 5.58. The van der Waals surface area contributed by atoms with E-state index in [0.717, 1.165) is 61.9 Å². The molecule has 0 spiro atoms. The largest absolute Gasteiger partial charge is 0.488 e. The number of carboxylic acid groups (broad SMARTS) is 1. The minimum absolute atomic E-state index is 0.0902. The first-order chi connectivity index (χ1) is 30.5. The minimum atomic E-state index is -1.27. The van der Waals surface area contributed by atoms with Crippen molar-refractivity contribution >= 4 is 45.8 Å². The lowest BCUT2D eigenvalue weighted by molar-refractivity contribution is -0.136. The van der Waals surface area contributed by atoms with Gasteiger partial charge in [-0.25, -0.2) is 19.6 Å². The standard InChI is InChI=1S/C47H50N8O8/c1-25(2)39(53-47(60)62-4)44(56)55-22-26(23-61-3)17-37(55)43-49-34-15-13-28-19-33-31-14-12-29(18-30(31)24-63-38(33)20-32(28)41(34)51-43)35-21-48-42(50-35)36-11-8-16-54(36)45(57)40(52-46(58)59)27-9-6-5-7-10-27/h5-7,9-10,12-15,18-21,25-26,36-37,39-40,52H,8,11,16-17,22-24H2,1-4H3,(H,48,50)(H,49,51)(H,53,60)(H,58,59)/t26-,36-,37-,39?,40?/m0/s1. The van der Waals surface area contributed by atoms with Crippen molar-refractivity contribution in [1.82, 2.24) is 40.4 Å². The summed E-state index contributed by atoms with van der Waals surface area (Å²) in [7, 11) is 2.94. The van der Waals surface area contributed by atoms with Crippen molar-refractivity contribution in [2.45, 2.75) is 63.9 Å². The van der Waals surface area contributed by atoms with Crippen molar-refractivity contribution in [3.05, 3.63) is 102 Å². The molecule has 2 saturated heterocycles. The molecule has 16 heteroatoms. The summed E-state index contributed by atoms with van der Waals surface area (Å²) in [5.41, 5.74) is 6.95. The number of H-pyrrole nitrogens is 2. The van der Waals surface area contributed by atoms with E-state index < -0.39 is 24.3 Å². The molecule has 2 fully saturated rings. The van der Waals surface area contributed by atoms with Crippen LogP contribution in [0.15, 0.2) is 79.0 Å². The number of benzene rings is 4. The molecule has 4 aromatic carbocycles. The lowest BCUT2D eigenvalue weighted by Crippen LogP contribution is -2.51. The summed E-state index contributed by atoms with van der Waals surface area (Å²) in [6, 6.07) is 20.9. The summed E-state index contributed by atoms with van der Waals surface area (Å²) < 4.78 is 16.8. The van der Waals surface area contributed by atoms with Crippen LogP contribution >= 0.6 is 0 Å². The normalized spacial score (nSPS) is 19.1. The first-order valence-electron chi connectivity index (χ1n) is 21.3. The summed E-state index contributed by atoms with van der Waals surface area (Å²) in [5.74, 6) is 1.47. The lowest BCUT2D eigenvalue weighted by atomic mass is 9.92. The van der Waals surface area contributed by atoms with E-state index in [1.807, 2.05) is 32.0 Å². The number of hydrogen-bond donors (Lipinski definition) is 5. The van der Waals surface area contributed by atoms with Crippen molar-refractivity contribution in [3.8, 4) is 28.1 Å². The molecule has 6 aromatic rings. The Morgan fingerprint density at radius 1 is 0.921 bits per heavy atom. The monoisotopic (exact) mass is 854 g/mol. The first kappa shape index (κ1) is 41.4. The molecule has 63 heavy (non-hydrogen) atoms. The molecule has 326 valence electrons. The SMILES string of the molecule is COC[C@H]1C[C@@H](c2nc3c(ccc4cc5c(cc43)OCc3cc(-c4cnc([C@@H]6CCCN6C(=O)C(NC(=O)O)c6ccccc6)[nH]4)ccc3-5)[nH]2)N(C(=O)C(NC(=O)OC)C(C)C)C1. The van der Waals surface area contributed by atoms with Gasteiger partial charge in [0.25, 0.3) is 5.91 Å². The topological polar surface area (TPSA) is 204 Å². The number of aromatic nitrogens is 4. The Morgan fingerprint density at radius 3 is 2.51 bits per heavy atom. The van der Waals surface area contributed by atoms with Crippen LogP contribution < -0.4 is 15.4 Å². The van der Waals surface area contributed by atoms with E-state index in [1.54, 1.807) is 47.4 Å². The Bertz CT molecular complexity index is 2710. The fraction of sp³-hybridized carbons (Fsp3) is 0.362. The second-order valence-corrected chi connectivity index (χ2v) is 16.9. The van der Waals surface area contributed by atoms with Gasteiger partial charge in [-0.05, 0) is 77.1 Å². The number of carbonyl (C=O) groups excluding carboxylic acids is 3. The molecule has 2 aromatic heterocycles. The number of likely N-dealkylation sites (tertiary alicyclic amines) is 2. The number of aromatic amines is 2. The number of nitrogens with one attached hydrogen (secondary N) is 4. The number of carbonyl (C=O) groups is 4. The van der Waals surface area contributed by atoms with Crippen LogP contribution in [-0.2, 0) is 25.7 Å². The zero-order valence-electron chi connectivity index (χ0n) is 35.5. The average Bonchev–Trinajstić information content (AvgIpc) is 4.13. The highest BCUT2D eigenvalue weighted by atomic mass is 16.5. The van der Waals surface area contributed by atoms with Gasteiger partial charge < -0.3 is 49.7 Å². The van der Waals surface area contributed by atoms with Crippen LogP contribution in [0, 0.1) is 11.8 Å². The molecule has 0 bridgehead atoms. The number of nitrogens with zero attached hydrogens (tertiary/aromatic N) is 4. The fourth-order valence-corrected chi connectivity index (χ4v) is 9.48. The van der Waals surface area contributed by atoms with E-state index >= 15 is 0 Å². The lowest BCUT2D eigenvalue weighted by Gasteiger charge is -2.30. The molecule has 5 atom stereocenters. The summed E-state index contributed by atoms with van der Waals surface area (Å²) in [4.78, 5) is 72.2. The maximum atomic E-state index is 14.1. The van der Waals surface area contributed by atoms with E-state index in [0.29, 0.717) is 56.4 Å². The van der Waals surface area contributed by atoms with Crippen LogP contribution in [0.25, 0.3) is 44.2 Å². The van der Waals surface area contributed by atoms with Gasteiger partial charge in [-0.15, -0.1) is 0 Å². The molecular formula is C47H50N8O8. The van der Waals surface area contributed by atoms with E-state index in [9.17, 15) is 24.3 Å². The summed E-state index contributed by atoms with van der Waals surface area (Å²) in [5, 5.41) is 16.6. The molecule has 0 radical (unpaired) electrons. The molecule has 0 aliphatic carbocycles. The van der Waals surface area contributed by atoms with Gasteiger partial charge in [0.05, 0.1) is 48.7 Å². The Labute approximate surface area is 363 Å². The Morgan fingerprint density at radius 2 is 1.75 bits per heavy atom. The molecule has 3 aliphatic heterocycles. The van der Waals surface area contributed by atoms with E-state index in [-0.39, 0.29) is 35.7 Å². The Balaban J connectivity index is 0.969. The Kier molecular flexibility index (Phi) is 11.2. The van der Waals surface area contributed by atoms with E-state index in [1.165, 1.54) is 7.11 Å². The second-order valence-electron chi connectivity index (χ2n) is 16.9. The predicted molar refractivity (Wildman–Crippen MR) is 234 cm³/mol. The van der Waals surface area contributed by atoms with Gasteiger partial charge in [0.1, 0.15) is 36.1 Å². The number of rotatable bonds is 11. The van der Waals surface area contributed by atoms with Crippen LogP contribution in [-0.4, -0.2) is 98.8 Å². The number of imidazole rings is 2. The van der Waals surface area contributed by atoms with Gasteiger partial charge in [0, 0.05) is 37.1 Å². The van der Waals surface area contributed by atoms with Gasteiger partial charge in [-0.2, -0.15) is 0 Å². The second kappa shape index (κ2) is 17.1. The van der Waals surface area contributed by atoms with Gasteiger partial charge >= 0.3 is 12.2 Å². The highest BCUT2D eigenvalue weighted by Crippen LogP contribution is 2.44. The van der Waals surface area contributed by atoms with Crippen LogP contribution in [0.5, 0.6) is 5.75 Å². The van der Waals surface area contributed by atoms with Gasteiger partial charge in [0.15, 0.2) is 0 Å². The fourth-order valence-electron chi connectivity index (χ4n) is 9.48. The molecule has 4 amide bonds.